The van der Waals surface area contributed by atoms with E-state index < -0.39 is 0 Å². The number of amides is 1. The number of benzene rings is 2. The van der Waals surface area contributed by atoms with Crippen LogP contribution < -0.4 is 20.1 Å². The third-order valence-electron chi connectivity index (χ3n) is 4.52. The molecule has 6 nitrogen and oxygen atoms in total. The van der Waals surface area contributed by atoms with Gasteiger partial charge in [-0.25, -0.2) is 0 Å². The number of hydrogen-bond acceptors (Lipinski definition) is 5. The summed E-state index contributed by atoms with van der Waals surface area (Å²) in [6.45, 7) is 5.94. The first-order valence-corrected chi connectivity index (χ1v) is 8.89. The van der Waals surface area contributed by atoms with Gasteiger partial charge in [0.25, 0.3) is 0 Å². The zero-order chi connectivity index (χ0) is 19.3. The Kier molecular flexibility index (Phi) is 5.51. The monoisotopic (exact) mass is 365 g/mol. The number of fused-ring (bicyclic) bond motifs is 1. The molecule has 2 aromatic carbocycles. The second kappa shape index (κ2) is 8.00. The molecule has 0 radical (unpaired) electrons. The van der Waals surface area contributed by atoms with Crippen LogP contribution in [0.3, 0.4) is 0 Å². The van der Waals surface area contributed by atoms with Crippen LogP contribution in [0.25, 0.3) is 0 Å². The third-order valence-corrected chi connectivity index (χ3v) is 4.52. The van der Waals surface area contributed by atoms with Crippen LogP contribution >= 0.6 is 0 Å². The van der Waals surface area contributed by atoms with Crippen molar-refractivity contribution >= 4 is 11.6 Å². The van der Waals surface area contributed by atoms with Gasteiger partial charge in [-0.3, -0.25) is 4.79 Å². The van der Waals surface area contributed by atoms with E-state index in [9.17, 15) is 4.79 Å². The van der Waals surface area contributed by atoms with E-state index in [2.05, 4.69) is 30.6 Å². The number of hydrogen-bond donors (Lipinski definition) is 2. The van der Waals surface area contributed by atoms with Crippen LogP contribution in [0.5, 0.6) is 11.5 Å². The van der Waals surface area contributed by atoms with Gasteiger partial charge in [0.05, 0.1) is 18.2 Å². The van der Waals surface area contributed by atoms with Crippen molar-refractivity contribution in [1.29, 1.82) is 5.26 Å². The van der Waals surface area contributed by atoms with E-state index in [4.69, 9.17) is 14.7 Å². The molecule has 0 saturated carbocycles. The van der Waals surface area contributed by atoms with E-state index in [0.29, 0.717) is 25.3 Å². The lowest BCUT2D eigenvalue weighted by atomic mass is 9.84. The highest BCUT2D eigenvalue weighted by molar-refractivity contribution is 5.80. The number of nitriles is 1. The van der Waals surface area contributed by atoms with Gasteiger partial charge in [-0.2, -0.15) is 5.26 Å². The maximum atomic E-state index is 12.2. The van der Waals surface area contributed by atoms with Crippen molar-refractivity contribution in [1.82, 2.24) is 5.32 Å². The summed E-state index contributed by atoms with van der Waals surface area (Å²) in [5.74, 6) is 1.42. The number of rotatable bonds is 6. The van der Waals surface area contributed by atoms with Gasteiger partial charge < -0.3 is 20.1 Å². The molecule has 1 heterocycles. The summed E-state index contributed by atoms with van der Waals surface area (Å²) in [5.41, 5.74) is 2.22. The largest absolute Gasteiger partial charge is 0.486 e. The number of nitrogens with zero attached hydrogens (tertiary/aromatic N) is 1. The Hall–Kier alpha value is -3.20. The van der Waals surface area contributed by atoms with Gasteiger partial charge in [0, 0.05) is 17.6 Å². The highest BCUT2D eigenvalue weighted by Crippen LogP contribution is 2.34. The first-order valence-electron chi connectivity index (χ1n) is 8.89. The quantitative estimate of drug-likeness (QED) is 0.822. The Balaban J connectivity index is 1.53. The molecule has 0 bridgehead atoms. The van der Waals surface area contributed by atoms with Crippen LogP contribution in [0.15, 0.2) is 42.5 Å². The molecule has 0 aromatic heterocycles. The van der Waals surface area contributed by atoms with Gasteiger partial charge in [-0.15, -0.1) is 0 Å². The van der Waals surface area contributed by atoms with E-state index in [1.165, 1.54) is 0 Å². The Morgan fingerprint density at radius 1 is 1.11 bits per heavy atom. The predicted molar refractivity (Wildman–Crippen MR) is 103 cm³/mol. The van der Waals surface area contributed by atoms with Gasteiger partial charge >= 0.3 is 0 Å². The molecule has 1 aliphatic heterocycles. The molecule has 0 fully saturated rings. The van der Waals surface area contributed by atoms with Crippen LogP contribution in [0, 0.1) is 11.3 Å². The minimum Gasteiger partial charge on any atom is -0.486 e. The molecule has 140 valence electrons. The van der Waals surface area contributed by atoms with Gasteiger partial charge in [0.15, 0.2) is 11.5 Å². The van der Waals surface area contributed by atoms with E-state index in [1.54, 1.807) is 24.3 Å². The molecule has 1 amide bonds. The molecule has 0 spiro atoms. The summed E-state index contributed by atoms with van der Waals surface area (Å²) in [4.78, 5) is 12.2. The minimum absolute atomic E-state index is 0.0926. The summed E-state index contributed by atoms with van der Waals surface area (Å²) >= 11 is 0. The molecule has 0 atom stereocenters. The average Bonchev–Trinajstić information content (AvgIpc) is 2.70. The van der Waals surface area contributed by atoms with Crippen molar-refractivity contribution in [3.05, 3.63) is 53.6 Å². The zero-order valence-electron chi connectivity index (χ0n) is 15.5. The third kappa shape index (κ3) is 4.70. The topological polar surface area (TPSA) is 83.4 Å². The lowest BCUT2D eigenvalue weighted by molar-refractivity contribution is -0.119. The number of anilines is 1. The number of carbonyl (C=O) groups excluding carboxylic acids is 1. The first-order chi connectivity index (χ1) is 13.0. The van der Waals surface area contributed by atoms with Crippen molar-refractivity contribution < 1.29 is 14.3 Å². The highest BCUT2D eigenvalue weighted by atomic mass is 16.6. The van der Waals surface area contributed by atoms with Crippen molar-refractivity contribution in [2.45, 2.75) is 19.3 Å². The van der Waals surface area contributed by atoms with Crippen LogP contribution in [0.4, 0.5) is 5.69 Å². The maximum Gasteiger partial charge on any atom is 0.239 e. The van der Waals surface area contributed by atoms with Crippen molar-refractivity contribution in [2.24, 2.45) is 0 Å². The second-order valence-electron chi connectivity index (χ2n) is 7.06. The Morgan fingerprint density at radius 2 is 1.81 bits per heavy atom. The summed E-state index contributed by atoms with van der Waals surface area (Å²) in [6, 6.07) is 15.0. The summed E-state index contributed by atoms with van der Waals surface area (Å²) < 4.78 is 11.2. The molecule has 0 saturated heterocycles. The average molecular weight is 365 g/mol. The fourth-order valence-electron chi connectivity index (χ4n) is 2.79. The standard InChI is InChI=1S/C21H23N3O3/c1-21(2,16-5-8-18-19(11-16)27-10-9-26-18)14-24-20(25)13-23-17-6-3-15(12-22)4-7-17/h3-8,11,23H,9-10,13-14H2,1-2H3,(H,24,25). The maximum absolute atomic E-state index is 12.2. The first kappa shape index (κ1) is 18.6. The number of ether oxygens (including phenoxy) is 2. The van der Waals surface area contributed by atoms with Gasteiger partial charge in [-0.05, 0) is 42.0 Å². The molecular formula is C21H23N3O3. The van der Waals surface area contributed by atoms with Crippen LogP contribution in [0.2, 0.25) is 0 Å². The van der Waals surface area contributed by atoms with E-state index >= 15 is 0 Å². The highest BCUT2D eigenvalue weighted by Gasteiger charge is 2.24. The normalized spacial score (nSPS) is 12.8. The van der Waals surface area contributed by atoms with Crippen LogP contribution in [-0.4, -0.2) is 32.2 Å². The molecular weight excluding hydrogens is 342 g/mol. The second-order valence-corrected chi connectivity index (χ2v) is 7.06. The Labute approximate surface area is 159 Å². The van der Waals surface area contributed by atoms with Crippen LogP contribution in [0.1, 0.15) is 25.0 Å². The zero-order valence-corrected chi connectivity index (χ0v) is 15.5. The summed E-state index contributed by atoms with van der Waals surface area (Å²) in [7, 11) is 0. The van der Waals surface area contributed by atoms with Crippen molar-refractivity contribution in [3.63, 3.8) is 0 Å². The van der Waals surface area contributed by atoms with Crippen molar-refractivity contribution in [2.75, 3.05) is 31.6 Å². The molecule has 6 heteroatoms. The lowest BCUT2D eigenvalue weighted by Crippen LogP contribution is -2.39. The minimum atomic E-state index is -0.250. The molecule has 2 N–H and O–H groups in total. The SMILES string of the molecule is CC(C)(CNC(=O)CNc1ccc(C#N)cc1)c1ccc2c(c1)OCCO2. The van der Waals surface area contributed by atoms with Gasteiger partial charge in [-0.1, -0.05) is 19.9 Å². The fraction of sp³-hybridized carbons (Fsp3) is 0.333. The van der Waals surface area contributed by atoms with Gasteiger partial charge in [0.2, 0.25) is 5.91 Å². The smallest absolute Gasteiger partial charge is 0.239 e. The molecule has 0 unspecified atom stereocenters. The van der Waals surface area contributed by atoms with Crippen LogP contribution in [-0.2, 0) is 10.2 Å². The summed E-state index contributed by atoms with van der Waals surface area (Å²) in [5, 5.41) is 14.8. The fourth-order valence-corrected chi connectivity index (χ4v) is 2.79. The molecule has 1 aliphatic rings. The summed E-state index contributed by atoms with van der Waals surface area (Å²) in [6.07, 6.45) is 0. The number of nitrogens with one attached hydrogen (secondary N) is 2. The number of carbonyl (C=O) groups is 1. The molecule has 2 aromatic rings. The van der Waals surface area contributed by atoms with Crippen molar-refractivity contribution in [3.8, 4) is 17.6 Å². The van der Waals surface area contributed by atoms with E-state index in [0.717, 1.165) is 22.7 Å². The predicted octanol–water partition coefficient (Wildman–Crippen LogP) is 2.84. The van der Waals surface area contributed by atoms with Gasteiger partial charge in [0.1, 0.15) is 13.2 Å². The Morgan fingerprint density at radius 3 is 2.52 bits per heavy atom. The van der Waals surface area contributed by atoms with E-state index in [-0.39, 0.29) is 17.9 Å². The molecule has 0 aliphatic carbocycles. The molecule has 3 rings (SSSR count). The lowest BCUT2D eigenvalue weighted by Gasteiger charge is -2.28. The molecule has 27 heavy (non-hydrogen) atoms. The van der Waals surface area contributed by atoms with E-state index in [1.807, 2.05) is 18.2 Å². The Bertz CT molecular complexity index is 854.